The van der Waals surface area contributed by atoms with E-state index in [9.17, 15) is 0 Å². The quantitative estimate of drug-likeness (QED) is 0.425. The Labute approximate surface area is 42.8 Å². The molecule has 0 radical (unpaired) electrons. The van der Waals surface area contributed by atoms with Gasteiger partial charge in [0.15, 0.2) is 0 Å². The van der Waals surface area contributed by atoms with Crippen molar-refractivity contribution in [3.8, 4) is 0 Å². The summed E-state index contributed by atoms with van der Waals surface area (Å²) in [5, 5.41) is 0. The lowest BCUT2D eigenvalue weighted by atomic mass is 10.6. The van der Waals surface area contributed by atoms with Gasteiger partial charge in [-0.3, -0.25) is 0 Å². The van der Waals surface area contributed by atoms with Crippen LogP contribution in [0, 0.1) is 0 Å². The second kappa shape index (κ2) is 19.3. The van der Waals surface area contributed by atoms with Gasteiger partial charge in [0.1, 0.15) is 0 Å². The maximum Gasteiger partial charge on any atom is 0.373 e. The zero-order chi connectivity index (χ0) is 6.12. The predicted octanol–water partition coefficient (Wildman–Crippen LogP) is 0.999. The Hall–Kier alpha value is -0.880. The van der Waals surface area contributed by atoms with E-state index >= 15 is 0 Å². The fourth-order valence-electron chi connectivity index (χ4n) is 0. The van der Waals surface area contributed by atoms with Crippen LogP contribution in [0.1, 0.15) is 13.8 Å². The Balaban J connectivity index is 0. The van der Waals surface area contributed by atoms with E-state index in [2.05, 4.69) is 0 Å². The second-order valence-electron chi connectivity index (χ2n) is 0.750. The third-order valence-corrected chi connectivity index (χ3v) is 0.333. The predicted molar refractivity (Wildman–Crippen MR) is 25.5 cm³/mol. The Morgan fingerprint density at radius 2 is 1.29 bits per heavy atom. The highest BCUT2D eigenvalue weighted by Gasteiger charge is 1.34. The lowest BCUT2D eigenvalue weighted by Crippen LogP contribution is -1.26. The highest BCUT2D eigenvalue weighted by molar-refractivity contribution is 5.20. The Bertz CT molecular complexity index is 64.1. The van der Waals surface area contributed by atoms with Crippen molar-refractivity contribution in [1.29, 1.82) is 0 Å². The average molecular weight is 100 g/mol. The third kappa shape index (κ3) is 3460. The summed E-state index contributed by atoms with van der Waals surface area (Å²) in [4.78, 5) is 16.2. The van der Waals surface area contributed by atoms with Crippen molar-refractivity contribution >= 4 is 6.15 Å². The van der Waals surface area contributed by atoms with Crippen LogP contribution in [-0.2, 0) is 9.59 Å². The number of rotatable bonds is 0. The van der Waals surface area contributed by atoms with Gasteiger partial charge in [0.2, 0.25) is 0 Å². The lowest BCUT2D eigenvalue weighted by molar-refractivity contribution is -0.191. The van der Waals surface area contributed by atoms with E-state index in [1.165, 1.54) is 0 Å². The molecule has 0 aliphatic heterocycles. The van der Waals surface area contributed by atoms with Crippen molar-refractivity contribution in [2.45, 2.75) is 13.8 Å². The minimum Gasteiger partial charge on any atom is -0.186 e. The van der Waals surface area contributed by atoms with Crippen LogP contribution in [0.4, 0.5) is 0 Å². The molecule has 0 aromatic carbocycles. The van der Waals surface area contributed by atoms with E-state index in [1.807, 2.05) is 26.0 Å². The van der Waals surface area contributed by atoms with Gasteiger partial charge < -0.3 is 0 Å². The molecule has 0 amide bonds. The zero-order valence-corrected chi connectivity index (χ0v) is 4.47. The van der Waals surface area contributed by atoms with Crippen molar-refractivity contribution < 1.29 is 9.59 Å². The minimum absolute atomic E-state index is 0.250. The highest BCUT2D eigenvalue weighted by atomic mass is 16.2. The van der Waals surface area contributed by atoms with Gasteiger partial charge in [0, 0.05) is 0 Å². The van der Waals surface area contributed by atoms with Gasteiger partial charge in [0.05, 0.1) is 0 Å². The molecule has 0 N–H and O–H groups in total. The first-order chi connectivity index (χ1) is 3.33. The van der Waals surface area contributed by atoms with Crippen molar-refractivity contribution in [1.82, 2.24) is 0 Å². The van der Waals surface area contributed by atoms with Crippen LogP contribution in [0.5, 0.6) is 0 Å². The Morgan fingerprint density at radius 1 is 1.14 bits per heavy atom. The van der Waals surface area contributed by atoms with Gasteiger partial charge in [-0.1, -0.05) is 12.2 Å². The normalized spacial score (nSPS) is 6.57. The second-order valence-corrected chi connectivity index (χ2v) is 0.750. The molecule has 0 atom stereocenters. The number of allylic oxidation sites excluding steroid dienone is 2. The third-order valence-electron chi connectivity index (χ3n) is 0.333. The van der Waals surface area contributed by atoms with Crippen LogP contribution in [0.3, 0.4) is 0 Å². The summed E-state index contributed by atoms with van der Waals surface area (Å²) in [5.41, 5.74) is 0. The monoisotopic (exact) mass is 100 g/mol. The molecule has 0 heterocycles. The van der Waals surface area contributed by atoms with Crippen molar-refractivity contribution in [3.63, 3.8) is 0 Å². The van der Waals surface area contributed by atoms with E-state index < -0.39 is 0 Å². The molecule has 0 unspecified atom stereocenters. The number of carbonyl (C=O) groups excluding carboxylic acids is 2. The minimum atomic E-state index is 0.250. The molecular weight excluding hydrogens is 92.1 g/mol. The van der Waals surface area contributed by atoms with E-state index in [4.69, 9.17) is 9.59 Å². The number of hydrogen-bond donors (Lipinski definition) is 0. The Kier molecular flexibility index (Phi) is 26.1. The van der Waals surface area contributed by atoms with Crippen molar-refractivity contribution in [2.24, 2.45) is 0 Å². The first-order valence-electron chi connectivity index (χ1n) is 1.90. The molecule has 0 fully saturated rings. The molecule has 0 aromatic heterocycles. The smallest absolute Gasteiger partial charge is 0.186 e. The van der Waals surface area contributed by atoms with E-state index in [0.29, 0.717) is 0 Å². The summed E-state index contributed by atoms with van der Waals surface area (Å²) < 4.78 is 0. The molecule has 0 aromatic rings. The van der Waals surface area contributed by atoms with Crippen molar-refractivity contribution in [3.05, 3.63) is 12.2 Å². The first kappa shape index (κ1) is 9.45. The van der Waals surface area contributed by atoms with E-state index in [0.717, 1.165) is 0 Å². The lowest BCUT2D eigenvalue weighted by Gasteiger charge is -1.49. The topological polar surface area (TPSA) is 34.1 Å². The molecule has 7 heavy (non-hydrogen) atoms. The molecule has 0 aliphatic rings. The van der Waals surface area contributed by atoms with Crippen LogP contribution in [0.25, 0.3) is 0 Å². The molecule has 0 rings (SSSR count). The largest absolute Gasteiger partial charge is 0.373 e. The first-order valence-corrected chi connectivity index (χ1v) is 1.90. The molecule has 0 spiro atoms. The molecule has 40 valence electrons. The summed E-state index contributed by atoms with van der Waals surface area (Å²) in [6.07, 6.45) is 4.25. The molecular formula is C5H8O2. The van der Waals surface area contributed by atoms with Crippen LogP contribution in [0.2, 0.25) is 0 Å². The maximum atomic E-state index is 8.12. The number of hydrogen-bond acceptors (Lipinski definition) is 2. The van der Waals surface area contributed by atoms with E-state index in [1.54, 1.807) is 0 Å². The van der Waals surface area contributed by atoms with Gasteiger partial charge >= 0.3 is 6.15 Å². The fraction of sp³-hybridized carbons (Fsp3) is 0.400. The average Bonchev–Trinajstić information content (AvgIpc) is 1.69. The summed E-state index contributed by atoms with van der Waals surface area (Å²) in [7, 11) is 0. The summed E-state index contributed by atoms with van der Waals surface area (Å²) in [6, 6.07) is 0. The molecule has 2 heteroatoms. The summed E-state index contributed by atoms with van der Waals surface area (Å²) >= 11 is 0. The van der Waals surface area contributed by atoms with Gasteiger partial charge in [-0.05, 0) is 13.8 Å². The molecule has 0 aliphatic carbocycles. The van der Waals surface area contributed by atoms with Gasteiger partial charge in [0.25, 0.3) is 0 Å². The SMILES string of the molecule is CC=CC.O=C=O. The van der Waals surface area contributed by atoms with Gasteiger partial charge in [-0.25, -0.2) is 0 Å². The highest BCUT2D eigenvalue weighted by Crippen LogP contribution is 1.57. The maximum absolute atomic E-state index is 8.12. The van der Waals surface area contributed by atoms with Crippen LogP contribution in [-0.4, -0.2) is 6.15 Å². The molecule has 0 saturated carbocycles. The van der Waals surface area contributed by atoms with Gasteiger partial charge in [-0.15, -0.1) is 0 Å². The zero-order valence-electron chi connectivity index (χ0n) is 4.47. The molecule has 0 bridgehead atoms. The standard InChI is InChI=1S/C4H8.CO2/c1-3-4-2;2-1-3/h3-4H,1-2H3;. The van der Waals surface area contributed by atoms with Gasteiger partial charge in [-0.2, -0.15) is 9.59 Å². The fourth-order valence-corrected chi connectivity index (χ4v) is 0. The summed E-state index contributed by atoms with van der Waals surface area (Å²) in [5.74, 6) is 0. The van der Waals surface area contributed by atoms with Crippen molar-refractivity contribution in [2.75, 3.05) is 0 Å². The summed E-state index contributed by atoms with van der Waals surface area (Å²) in [6.45, 7) is 4.00. The van der Waals surface area contributed by atoms with Crippen LogP contribution >= 0.6 is 0 Å². The van der Waals surface area contributed by atoms with Crippen LogP contribution < -0.4 is 0 Å². The molecule has 0 saturated heterocycles. The Morgan fingerprint density at radius 3 is 1.29 bits per heavy atom. The molecule has 2 nitrogen and oxygen atoms in total. The van der Waals surface area contributed by atoms with E-state index in [-0.39, 0.29) is 6.15 Å². The van der Waals surface area contributed by atoms with Crippen LogP contribution in [0.15, 0.2) is 12.2 Å².